The second-order valence-corrected chi connectivity index (χ2v) is 4.11. The van der Waals surface area contributed by atoms with Crippen LogP contribution in [0, 0.1) is 6.92 Å². The van der Waals surface area contributed by atoms with Gasteiger partial charge in [0.15, 0.2) is 5.69 Å². The summed E-state index contributed by atoms with van der Waals surface area (Å²) >= 11 is 0. The van der Waals surface area contributed by atoms with Crippen LogP contribution < -0.4 is 5.32 Å². The second-order valence-electron chi connectivity index (χ2n) is 4.11. The number of amides is 1. The molecule has 1 N–H and O–H groups in total. The van der Waals surface area contributed by atoms with Crippen molar-refractivity contribution >= 4 is 11.9 Å². The van der Waals surface area contributed by atoms with Crippen molar-refractivity contribution in [1.29, 1.82) is 0 Å². The minimum absolute atomic E-state index is 0.0575. The summed E-state index contributed by atoms with van der Waals surface area (Å²) in [6.07, 6.45) is 1.96. The van der Waals surface area contributed by atoms with Crippen molar-refractivity contribution in [2.24, 2.45) is 0 Å². The van der Waals surface area contributed by atoms with Gasteiger partial charge in [0, 0.05) is 6.54 Å². The molecule has 0 bridgehead atoms. The number of hydrogen-bond acceptors (Lipinski definition) is 5. The summed E-state index contributed by atoms with van der Waals surface area (Å²) in [6, 6.07) is 0. The topological polar surface area (TPSA) is 86.1 Å². The van der Waals surface area contributed by atoms with E-state index in [1.807, 2.05) is 0 Å². The molecule has 0 aliphatic carbocycles. The lowest BCUT2D eigenvalue weighted by Crippen LogP contribution is -2.29. The van der Waals surface area contributed by atoms with E-state index in [1.165, 1.54) is 4.68 Å². The maximum Gasteiger partial charge on any atom is 0.360 e. The van der Waals surface area contributed by atoms with Gasteiger partial charge >= 0.3 is 5.97 Å². The van der Waals surface area contributed by atoms with E-state index in [4.69, 9.17) is 4.74 Å². The van der Waals surface area contributed by atoms with E-state index in [1.54, 1.807) is 13.8 Å². The number of nitrogens with one attached hydrogen (secondary N) is 1. The summed E-state index contributed by atoms with van der Waals surface area (Å²) in [4.78, 5) is 23.2. The van der Waals surface area contributed by atoms with Crippen LogP contribution in [0.4, 0.5) is 0 Å². The average Bonchev–Trinajstić information content (AvgIpc) is 2.72. The molecule has 1 amide bonds. The molecule has 0 radical (unpaired) electrons. The molecule has 0 spiro atoms. The standard InChI is InChI=1S/C12H20N4O3/c1-4-6-7-13-10(17)8-16-9(3)11(14-15-16)12(18)19-5-2/h4-8H2,1-3H3,(H,13,17). The molecular weight excluding hydrogens is 248 g/mol. The largest absolute Gasteiger partial charge is 0.461 e. The number of carbonyl (C=O) groups is 2. The van der Waals surface area contributed by atoms with Gasteiger partial charge in [0.05, 0.1) is 12.3 Å². The smallest absolute Gasteiger partial charge is 0.360 e. The molecule has 1 aromatic rings. The highest BCUT2D eigenvalue weighted by Gasteiger charge is 2.18. The van der Waals surface area contributed by atoms with Crippen LogP contribution in [0.3, 0.4) is 0 Å². The lowest BCUT2D eigenvalue weighted by molar-refractivity contribution is -0.121. The van der Waals surface area contributed by atoms with Gasteiger partial charge in [0.1, 0.15) is 6.54 Å². The Kier molecular flexibility index (Phi) is 5.98. The molecule has 7 nitrogen and oxygen atoms in total. The summed E-state index contributed by atoms with van der Waals surface area (Å²) in [5.41, 5.74) is 0.687. The average molecular weight is 268 g/mol. The van der Waals surface area contributed by atoms with Crippen molar-refractivity contribution in [3.63, 3.8) is 0 Å². The van der Waals surface area contributed by atoms with Crippen LogP contribution in [0.25, 0.3) is 0 Å². The van der Waals surface area contributed by atoms with E-state index in [-0.39, 0.29) is 24.8 Å². The number of hydrogen-bond donors (Lipinski definition) is 1. The van der Waals surface area contributed by atoms with Gasteiger partial charge in [-0.3, -0.25) is 4.79 Å². The van der Waals surface area contributed by atoms with Crippen LogP contribution in [-0.4, -0.2) is 40.0 Å². The number of rotatable bonds is 7. The fourth-order valence-corrected chi connectivity index (χ4v) is 1.50. The first-order chi connectivity index (χ1) is 9.10. The predicted molar refractivity (Wildman–Crippen MR) is 68.6 cm³/mol. The van der Waals surface area contributed by atoms with Crippen molar-refractivity contribution < 1.29 is 14.3 Å². The highest BCUT2D eigenvalue weighted by atomic mass is 16.5. The Bertz CT molecular complexity index is 442. The summed E-state index contributed by atoms with van der Waals surface area (Å²) in [5, 5.41) is 10.3. The first-order valence-corrected chi connectivity index (χ1v) is 6.44. The molecule has 1 heterocycles. The van der Waals surface area contributed by atoms with Gasteiger partial charge in [-0.15, -0.1) is 5.10 Å². The monoisotopic (exact) mass is 268 g/mol. The van der Waals surface area contributed by atoms with Crippen LogP contribution in [0.1, 0.15) is 42.9 Å². The molecule has 19 heavy (non-hydrogen) atoms. The van der Waals surface area contributed by atoms with Crippen LogP contribution >= 0.6 is 0 Å². The van der Waals surface area contributed by atoms with E-state index in [0.717, 1.165) is 12.8 Å². The lowest BCUT2D eigenvalue weighted by Gasteiger charge is -2.05. The number of esters is 1. The zero-order valence-electron chi connectivity index (χ0n) is 11.6. The third-order valence-electron chi connectivity index (χ3n) is 2.60. The van der Waals surface area contributed by atoms with Crippen molar-refractivity contribution in [3.05, 3.63) is 11.4 Å². The van der Waals surface area contributed by atoms with Gasteiger partial charge in [0.2, 0.25) is 5.91 Å². The molecule has 0 aliphatic heterocycles. The molecule has 0 saturated carbocycles. The van der Waals surface area contributed by atoms with Crippen LogP contribution in [0.5, 0.6) is 0 Å². The van der Waals surface area contributed by atoms with E-state index in [0.29, 0.717) is 12.2 Å². The van der Waals surface area contributed by atoms with Gasteiger partial charge in [-0.05, 0) is 20.3 Å². The van der Waals surface area contributed by atoms with Gasteiger partial charge in [-0.25, -0.2) is 9.48 Å². The molecule has 7 heteroatoms. The highest BCUT2D eigenvalue weighted by Crippen LogP contribution is 2.05. The summed E-state index contributed by atoms with van der Waals surface area (Å²) in [6.45, 7) is 6.45. The molecule has 0 atom stereocenters. The Morgan fingerprint density at radius 2 is 2.11 bits per heavy atom. The van der Waals surface area contributed by atoms with Crippen molar-refractivity contribution in [3.8, 4) is 0 Å². The summed E-state index contributed by atoms with van der Waals surface area (Å²) in [5.74, 6) is -0.658. The zero-order chi connectivity index (χ0) is 14.3. The molecule has 1 rings (SSSR count). The number of nitrogens with zero attached hydrogens (tertiary/aromatic N) is 3. The Morgan fingerprint density at radius 1 is 1.37 bits per heavy atom. The molecule has 1 aromatic heterocycles. The fraction of sp³-hybridized carbons (Fsp3) is 0.667. The lowest BCUT2D eigenvalue weighted by atomic mass is 10.3. The molecule has 0 saturated heterocycles. The summed E-state index contributed by atoms with van der Waals surface area (Å²) in [7, 11) is 0. The first kappa shape index (κ1) is 15.1. The SMILES string of the molecule is CCCCNC(=O)Cn1nnc(C(=O)OCC)c1C. The molecule has 0 unspecified atom stereocenters. The van der Waals surface area contributed by atoms with Gasteiger partial charge in [0.25, 0.3) is 0 Å². The second kappa shape index (κ2) is 7.50. The van der Waals surface area contributed by atoms with Crippen molar-refractivity contribution in [2.75, 3.05) is 13.2 Å². The van der Waals surface area contributed by atoms with Gasteiger partial charge in [-0.2, -0.15) is 0 Å². The fourth-order valence-electron chi connectivity index (χ4n) is 1.50. The van der Waals surface area contributed by atoms with E-state index < -0.39 is 5.97 Å². The van der Waals surface area contributed by atoms with E-state index >= 15 is 0 Å². The first-order valence-electron chi connectivity index (χ1n) is 6.44. The molecule has 106 valence electrons. The van der Waals surface area contributed by atoms with E-state index in [9.17, 15) is 9.59 Å². The number of carbonyl (C=O) groups excluding carboxylic acids is 2. The van der Waals surface area contributed by atoms with Crippen LogP contribution in [0.2, 0.25) is 0 Å². The molecule has 0 aliphatic rings. The highest BCUT2D eigenvalue weighted by molar-refractivity contribution is 5.88. The maximum atomic E-state index is 11.6. The van der Waals surface area contributed by atoms with Crippen LogP contribution in [0.15, 0.2) is 0 Å². The Balaban J connectivity index is 2.60. The van der Waals surface area contributed by atoms with Crippen molar-refractivity contribution in [2.45, 2.75) is 40.2 Å². The Morgan fingerprint density at radius 3 is 2.74 bits per heavy atom. The third kappa shape index (κ3) is 4.35. The minimum Gasteiger partial charge on any atom is -0.461 e. The number of ether oxygens (including phenoxy) is 1. The van der Waals surface area contributed by atoms with Gasteiger partial charge in [-0.1, -0.05) is 18.6 Å². The maximum absolute atomic E-state index is 11.6. The predicted octanol–water partition coefficient (Wildman–Crippen LogP) is 0.680. The molecular formula is C12H20N4O3. The summed E-state index contributed by atoms with van der Waals surface area (Å²) < 4.78 is 6.25. The Labute approximate surface area is 112 Å². The third-order valence-corrected chi connectivity index (χ3v) is 2.60. The van der Waals surface area contributed by atoms with Crippen molar-refractivity contribution in [1.82, 2.24) is 20.3 Å². The molecule has 0 fully saturated rings. The zero-order valence-corrected chi connectivity index (χ0v) is 11.6. The number of unbranched alkanes of at least 4 members (excludes halogenated alkanes) is 1. The normalized spacial score (nSPS) is 10.3. The minimum atomic E-state index is -0.516. The quantitative estimate of drug-likeness (QED) is 0.580. The van der Waals surface area contributed by atoms with Crippen LogP contribution in [-0.2, 0) is 16.1 Å². The Hall–Kier alpha value is -1.92. The van der Waals surface area contributed by atoms with E-state index in [2.05, 4.69) is 22.6 Å². The number of aromatic nitrogens is 3. The van der Waals surface area contributed by atoms with Gasteiger partial charge < -0.3 is 10.1 Å². The molecule has 0 aromatic carbocycles.